The fourth-order valence-electron chi connectivity index (χ4n) is 1.03. The number of hydrogen-bond acceptors (Lipinski definition) is 4. The zero-order chi connectivity index (χ0) is 8.60. The molecule has 1 fully saturated rings. The van der Waals surface area contributed by atoms with Crippen molar-refractivity contribution in [3.05, 3.63) is 24.3 Å². The second-order valence-corrected chi connectivity index (χ2v) is 3.08. The zero-order valence-electron chi connectivity index (χ0n) is 6.53. The van der Waals surface area contributed by atoms with Crippen molar-refractivity contribution in [2.24, 2.45) is 5.73 Å². The predicted molar refractivity (Wildman–Crippen MR) is 42.5 cm³/mol. The molecule has 0 amide bonds. The molecule has 0 bridgehead atoms. The normalized spacial score (nSPS) is 18.8. The highest BCUT2D eigenvalue weighted by Crippen LogP contribution is 2.34. The Kier molecular flexibility index (Phi) is 1.44. The van der Waals surface area contributed by atoms with Gasteiger partial charge in [-0.15, -0.1) is 0 Å². The lowest BCUT2D eigenvalue weighted by atomic mass is 10.1. The lowest BCUT2D eigenvalue weighted by Gasteiger charge is -2.04. The molecule has 0 unspecified atom stereocenters. The molecule has 4 heteroatoms. The van der Waals surface area contributed by atoms with Gasteiger partial charge in [0.25, 0.3) is 0 Å². The minimum Gasteiger partial charge on any atom is -0.319 e. The van der Waals surface area contributed by atoms with E-state index in [1.165, 1.54) is 18.6 Å². The second-order valence-electron chi connectivity index (χ2n) is 3.08. The number of rotatable bonds is 2. The van der Waals surface area contributed by atoms with E-state index in [2.05, 4.69) is 9.97 Å². The highest BCUT2D eigenvalue weighted by atomic mass is 16.1. The van der Waals surface area contributed by atoms with Gasteiger partial charge in [0.1, 0.15) is 5.69 Å². The highest BCUT2D eigenvalue weighted by molar-refractivity contribution is 6.03. The van der Waals surface area contributed by atoms with Crippen molar-refractivity contribution >= 4 is 5.78 Å². The van der Waals surface area contributed by atoms with Crippen molar-refractivity contribution in [2.45, 2.75) is 18.4 Å². The van der Waals surface area contributed by atoms with Gasteiger partial charge in [-0.25, -0.2) is 4.98 Å². The molecule has 0 aromatic carbocycles. The summed E-state index contributed by atoms with van der Waals surface area (Å²) in [7, 11) is 0. The molecule has 1 aromatic rings. The fourth-order valence-corrected chi connectivity index (χ4v) is 1.03. The Bertz CT molecular complexity index is 305. The smallest absolute Gasteiger partial charge is 0.202 e. The van der Waals surface area contributed by atoms with Crippen LogP contribution in [0.2, 0.25) is 0 Å². The lowest BCUT2D eigenvalue weighted by Crippen LogP contribution is -2.33. The minimum atomic E-state index is -0.629. The first-order valence-electron chi connectivity index (χ1n) is 3.82. The van der Waals surface area contributed by atoms with Crippen molar-refractivity contribution in [3.8, 4) is 0 Å². The molecular formula is C8H9N3O. The number of nitrogens with two attached hydrogens (primary N) is 1. The van der Waals surface area contributed by atoms with Crippen LogP contribution in [0, 0.1) is 0 Å². The summed E-state index contributed by atoms with van der Waals surface area (Å²) in [4.78, 5) is 19.2. The van der Waals surface area contributed by atoms with Crippen LogP contribution in [0.25, 0.3) is 0 Å². The third kappa shape index (κ3) is 1.10. The summed E-state index contributed by atoms with van der Waals surface area (Å²) in [5.41, 5.74) is 5.45. The maximum atomic E-state index is 11.5. The van der Waals surface area contributed by atoms with E-state index in [1.807, 2.05) is 0 Å². The maximum absolute atomic E-state index is 11.5. The highest BCUT2D eigenvalue weighted by Gasteiger charge is 2.46. The molecule has 0 spiro atoms. The fraction of sp³-hybridized carbons (Fsp3) is 0.375. The van der Waals surface area contributed by atoms with Crippen LogP contribution in [0.5, 0.6) is 0 Å². The van der Waals surface area contributed by atoms with Gasteiger partial charge in [0.2, 0.25) is 5.78 Å². The molecule has 2 N–H and O–H groups in total. The Morgan fingerprint density at radius 1 is 1.50 bits per heavy atom. The number of Topliss-reactive ketones (excluding diaryl/α,β-unsaturated/α-hetero) is 1. The van der Waals surface area contributed by atoms with Gasteiger partial charge in [-0.3, -0.25) is 9.78 Å². The summed E-state index contributed by atoms with van der Waals surface area (Å²) < 4.78 is 0. The second kappa shape index (κ2) is 2.35. The van der Waals surface area contributed by atoms with Crippen molar-refractivity contribution in [2.75, 3.05) is 0 Å². The van der Waals surface area contributed by atoms with Crippen LogP contribution in [0.4, 0.5) is 0 Å². The van der Waals surface area contributed by atoms with E-state index in [4.69, 9.17) is 5.73 Å². The Morgan fingerprint density at radius 2 is 2.25 bits per heavy atom. The third-order valence-electron chi connectivity index (χ3n) is 2.04. The number of carbonyl (C=O) groups excluding carboxylic acids is 1. The summed E-state index contributed by atoms with van der Waals surface area (Å²) >= 11 is 0. The number of carbonyl (C=O) groups is 1. The van der Waals surface area contributed by atoms with Gasteiger partial charge in [0, 0.05) is 12.4 Å². The summed E-state index contributed by atoms with van der Waals surface area (Å²) in [6, 6.07) is 0. The summed E-state index contributed by atoms with van der Waals surface area (Å²) in [5, 5.41) is 0. The van der Waals surface area contributed by atoms with Crippen LogP contribution in [0.3, 0.4) is 0 Å². The number of ketones is 1. The molecule has 0 atom stereocenters. The molecule has 1 saturated carbocycles. The Morgan fingerprint density at radius 3 is 2.75 bits per heavy atom. The number of nitrogens with zero attached hydrogens (tertiary/aromatic N) is 2. The Balaban J connectivity index is 2.26. The molecule has 1 heterocycles. The predicted octanol–water partition coefficient (Wildman–Crippen LogP) is 0.151. The van der Waals surface area contributed by atoms with Gasteiger partial charge in [0.05, 0.1) is 11.7 Å². The molecule has 0 radical (unpaired) electrons. The van der Waals surface area contributed by atoms with E-state index >= 15 is 0 Å². The molecule has 1 aliphatic rings. The van der Waals surface area contributed by atoms with Gasteiger partial charge in [-0.2, -0.15) is 0 Å². The molecule has 1 aromatic heterocycles. The molecule has 0 saturated heterocycles. The van der Waals surface area contributed by atoms with Gasteiger partial charge in [0.15, 0.2) is 0 Å². The quantitative estimate of drug-likeness (QED) is 0.630. The van der Waals surface area contributed by atoms with Gasteiger partial charge in [-0.1, -0.05) is 0 Å². The first-order chi connectivity index (χ1) is 5.72. The van der Waals surface area contributed by atoms with Crippen LogP contribution < -0.4 is 5.73 Å². The van der Waals surface area contributed by atoms with Gasteiger partial charge in [-0.05, 0) is 12.8 Å². The van der Waals surface area contributed by atoms with Crippen LogP contribution in [-0.4, -0.2) is 21.3 Å². The third-order valence-corrected chi connectivity index (χ3v) is 2.04. The van der Waals surface area contributed by atoms with Crippen LogP contribution in [0.1, 0.15) is 23.3 Å². The van der Waals surface area contributed by atoms with Gasteiger partial charge < -0.3 is 5.73 Å². The van der Waals surface area contributed by atoms with E-state index < -0.39 is 5.54 Å². The Hall–Kier alpha value is -1.29. The standard InChI is InChI=1S/C8H9N3O/c9-8(1-2-8)7(12)6-5-10-3-4-11-6/h3-5H,1-2,9H2. The summed E-state index contributed by atoms with van der Waals surface area (Å²) in [6.45, 7) is 0. The van der Waals surface area contributed by atoms with E-state index in [1.54, 1.807) is 0 Å². The minimum absolute atomic E-state index is 0.0874. The summed E-state index contributed by atoms with van der Waals surface area (Å²) in [6.07, 6.45) is 6.02. The number of aromatic nitrogens is 2. The van der Waals surface area contributed by atoms with Crippen molar-refractivity contribution in [1.29, 1.82) is 0 Å². The zero-order valence-corrected chi connectivity index (χ0v) is 6.53. The average molecular weight is 163 g/mol. The largest absolute Gasteiger partial charge is 0.319 e. The van der Waals surface area contributed by atoms with E-state index in [9.17, 15) is 4.79 Å². The maximum Gasteiger partial charge on any atom is 0.202 e. The molecule has 12 heavy (non-hydrogen) atoms. The van der Waals surface area contributed by atoms with Crippen LogP contribution in [0.15, 0.2) is 18.6 Å². The van der Waals surface area contributed by atoms with Crippen molar-refractivity contribution in [1.82, 2.24) is 9.97 Å². The van der Waals surface area contributed by atoms with E-state index in [0.717, 1.165) is 12.8 Å². The van der Waals surface area contributed by atoms with Crippen molar-refractivity contribution < 1.29 is 4.79 Å². The molecule has 4 nitrogen and oxygen atoms in total. The average Bonchev–Trinajstić information content (AvgIpc) is 2.85. The van der Waals surface area contributed by atoms with E-state index in [0.29, 0.717) is 5.69 Å². The number of hydrogen-bond donors (Lipinski definition) is 1. The molecule has 2 rings (SSSR count). The molecule has 0 aliphatic heterocycles. The monoisotopic (exact) mass is 163 g/mol. The first kappa shape index (κ1) is 7.36. The van der Waals surface area contributed by atoms with E-state index in [-0.39, 0.29) is 5.78 Å². The van der Waals surface area contributed by atoms with Gasteiger partial charge >= 0.3 is 0 Å². The SMILES string of the molecule is NC1(C(=O)c2cnccn2)CC1. The Labute approximate surface area is 69.8 Å². The molecule has 62 valence electrons. The molecule has 1 aliphatic carbocycles. The van der Waals surface area contributed by atoms with Crippen molar-refractivity contribution in [3.63, 3.8) is 0 Å². The molecular weight excluding hydrogens is 154 g/mol. The van der Waals surface area contributed by atoms with Crippen LogP contribution >= 0.6 is 0 Å². The lowest BCUT2D eigenvalue weighted by molar-refractivity contribution is 0.0944. The summed E-state index contributed by atoms with van der Waals surface area (Å²) in [5.74, 6) is -0.0874. The first-order valence-corrected chi connectivity index (χ1v) is 3.82. The topological polar surface area (TPSA) is 68.9 Å². The van der Waals surface area contributed by atoms with Crippen LogP contribution in [-0.2, 0) is 0 Å².